The summed E-state index contributed by atoms with van der Waals surface area (Å²) in [6.07, 6.45) is -12.2. The van der Waals surface area contributed by atoms with Crippen molar-refractivity contribution in [3.63, 3.8) is 0 Å². The van der Waals surface area contributed by atoms with Crippen LogP contribution in [0.1, 0.15) is 63.9 Å². The highest BCUT2D eigenvalue weighted by Gasteiger charge is 2.57. The van der Waals surface area contributed by atoms with Gasteiger partial charge in [0.05, 0.1) is 12.5 Å². The zero-order valence-corrected chi connectivity index (χ0v) is 33.5. The normalized spacial score (nSPS) is 26.2. The fourth-order valence-electron chi connectivity index (χ4n) is 6.49. The Morgan fingerprint density at radius 3 is 1.62 bits per heavy atom. The first-order valence-electron chi connectivity index (χ1n) is 18.6. The lowest BCUT2D eigenvalue weighted by Crippen LogP contribution is -2.66. The molecule has 2 fully saturated rings. The third-order valence-electron chi connectivity index (χ3n) is 8.81. The minimum atomic E-state index is -1.84. The van der Waals surface area contributed by atoms with E-state index in [0.717, 1.165) is 47.1 Å². The van der Waals surface area contributed by atoms with Crippen molar-refractivity contribution in [1.29, 1.82) is 0 Å². The summed E-state index contributed by atoms with van der Waals surface area (Å²) in [6, 6.07) is 15.0. The van der Waals surface area contributed by atoms with Gasteiger partial charge in [-0.1, -0.05) is 36.4 Å². The van der Waals surface area contributed by atoms with E-state index in [0.29, 0.717) is 5.56 Å². The Hall–Kier alpha value is -6.18. The molecule has 60 heavy (non-hydrogen) atoms. The van der Waals surface area contributed by atoms with E-state index in [1.807, 2.05) is 30.3 Å². The highest BCUT2D eigenvalue weighted by atomic mass is 16.8. The molecule has 0 saturated carbocycles. The summed E-state index contributed by atoms with van der Waals surface area (Å²) in [5, 5.41) is 10.2. The van der Waals surface area contributed by atoms with Gasteiger partial charge in [-0.15, -0.1) is 0 Å². The summed E-state index contributed by atoms with van der Waals surface area (Å²) in [5.74, 6) is -8.23. The van der Waals surface area contributed by atoms with Gasteiger partial charge in [0.2, 0.25) is 6.29 Å². The average Bonchev–Trinajstić information content (AvgIpc) is 3.16. The van der Waals surface area contributed by atoms with Crippen LogP contribution >= 0.6 is 0 Å². The van der Waals surface area contributed by atoms with Gasteiger partial charge in [-0.25, -0.2) is 0 Å². The molecule has 19 nitrogen and oxygen atoms in total. The molecule has 0 aromatic heterocycles. The molecule has 0 radical (unpaired) electrons. The molecule has 2 aromatic rings. The van der Waals surface area contributed by atoms with Gasteiger partial charge < -0.3 is 52.5 Å². The Kier molecular flexibility index (Phi) is 16.8. The van der Waals surface area contributed by atoms with Crippen molar-refractivity contribution in [2.45, 2.75) is 103 Å². The highest BCUT2D eigenvalue weighted by Crippen LogP contribution is 2.38. The number of hydrogen-bond donors (Lipinski definition) is 1. The molecule has 0 bridgehead atoms. The zero-order chi connectivity index (χ0) is 44.1. The van der Waals surface area contributed by atoms with Gasteiger partial charge in [0.25, 0.3) is 0 Å². The molecule has 0 unspecified atom stereocenters. The van der Waals surface area contributed by atoms with Gasteiger partial charge in [-0.05, 0) is 35.9 Å². The van der Waals surface area contributed by atoms with Gasteiger partial charge in [0.1, 0.15) is 31.2 Å². The fraction of sp³-hybridized carbons (Fsp3) is 0.463. The van der Waals surface area contributed by atoms with E-state index in [9.17, 15) is 43.5 Å². The van der Waals surface area contributed by atoms with Crippen LogP contribution in [0.4, 0.5) is 0 Å². The summed E-state index contributed by atoms with van der Waals surface area (Å²) in [6.45, 7) is 5.11. The van der Waals surface area contributed by atoms with Crippen LogP contribution in [-0.4, -0.2) is 121 Å². The Labute approximate surface area is 344 Å². The number of rotatable bonds is 17. The first-order valence-corrected chi connectivity index (χ1v) is 18.6. The van der Waals surface area contributed by atoms with E-state index < -0.39 is 123 Å². The van der Waals surface area contributed by atoms with Crippen LogP contribution in [0, 0.1) is 5.92 Å². The smallest absolute Gasteiger partial charge is 0.303 e. The molecule has 2 heterocycles. The van der Waals surface area contributed by atoms with Gasteiger partial charge in [0.15, 0.2) is 36.5 Å². The SMILES string of the molecule is CC(=O)OC[C@@H]1O[C@H](Oc2ccc(C(=O)/C=C/c3ccccc3)cc2)[C@H](OC(C)=O)[C@H](CC(=O)O)[C@H]1O[C@H]1O[C@@H](COC(C)=O)[C@H](OC(C)=O)[C@@H](OC(C)=O)[C@@H]1OC(C)=O. The van der Waals surface area contributed by atoms with Crippen LogP contribution in [0.3, 0.4) is 0 Å². The maximum atomic E-state index is 12.9. The van der Waals surface area contributed by atoms with Crippen molar-refractivity contribution in [3.8, 4) is 5.75 Å². The van der Waals surface area contributed by atoms with Gasteiger partial charge in [-0.3, -0.25) is 38.4 Å². The molecule has 2 saturated heterocycles. The molecule has 2 aliphatic heterocycles. The Bertz CT molecular complexity index is 1890. The van der Waals surface area contributed by atoms with Crippen LogP contribution in [0.5, 0.6) is 5.75 Å². The van der Waals surface area contributed by atoms with Gasteiger partial charge in [0, 0.05) is 53.0 Å². The van der Waals surface area contributed by atoms with Crippen LogP contribution in [0.2, 0.25) is 0 Å². The van der Waals surface area contributed by atoms with Gasteiger partial charge >= 0.3 is 41.8 Å². The second-order valence-corrected chi connectivity index (χ2v) is 13.6. The number of benzene rings is 2. The molecule has 0 spiro atoms. The van der Waals surface area contributed by atoms with Gasteiger partial charge in [-0.2, -0.15) is 0 Å². The number of esters is 6. The highest BCUT2D eigenvalue weighted by molar-refractivity contribution is 6.06. The summed E-state index contributed by atoms with van der Waals surface area (Å²) < 4.78 is 57.2. The standard InChI is InChI=1S/C41H46O19/c1-21(42)51-19-32-35(60-41-39(56-26(6)47)38(55-25(5)46)37(54-24(4)45)33(59-41)20-52-22(2)43)30(18-34(49)50)36(53-23(3)44)40(58-32)57-29-15-13-28(14-16-29)31(48)17-12-27-10-8-7-9-11-27/h7-17,30,32-33,35-41H,18-20H2,1-6H3,(H,49,50)/b17-12+/t30-,32+,33+,35-,36-,37+,38-,39+,40+,41-/m1/s1. The molecule has 1 N–H and O–H groups in total. The van der Waals surface area contributed by atoms with E-state index in [2.05, 4.69) is 0 Å². The lowest BCUT2D eigenvalue weighted by molar-refractivity contribution is -0.349. The van der Waals surface area contributed by atoms with Crippen molar-refractivity contribution in [2.24, 2.45) is 5.92 Å². The number of carbonyl (C=O) groups is 8. The van der Waals surface area contributed by atoms with Crippen molar-refractivity contribution >= 4 is 53.6 Å². The van der Waals surface area contributed by atoms with Crippen molar-refractivity contribution in [1.82, 2.24) is 0 Å². The quantitative estimate of drug-likeness (QED) is 0.104. The van der Waals surface area contributed by atoms with Crippen LogP contribution < -0.4 is 4.74 Å². The number of allylic oxidation sites excluding steroid dienone is 1. The molecule has 4 rings (SSSR count). The summed E-state index contributed by atoms with van der Waals surface area (Å²) in [7, 11) is 0. The summed E-state index contributed by atoms with van der Waals surface area (Å²) in [5.41, 5.74) is 1.11. The lowest BCUT2D eigenvalue weighted by atomic mass is 9.85. The molecule has 2 aromatic carbocycles. The number of ether oxygens (including phenoxy) is 10. The van der Waals surface area contributed by atoms with Crippen LogP contribution in [0.15, 0.2) is 60.7 Å². The molecular formula is C41H46O19. The topological polar surface area (TPSA) is 249 Å². The second kappa shape index (κ2) is 21.7. The maximum Gasteiger partial charge on any atom is 0.303 e. The molecule has 2 aliphatic rings. The Balaban J connectivity index is 1.75. The minimum Gasteiger partial charge on any atom is -0.481 e. The average molecular weight is 843 g/mol. The first-order chi connectivity index (χ1) is 28.4. The predicted molar refractivity (Wildman–Crippen MR) is 200 cm³/mol. The van der Waals surface area contributed by atoms with E-state index in [4.69, 9.17) is 47.4 Å². The first kappa shape index (κ1) is 46.5. The maximum absolute atomic E-state index is 12.9. The largest absolute Gasteiger partial charge is 0.481 e. The molecule has 0 amide bonds. The molecule has 10 atom stereocenters. The number of carboxylic acid groups (broad SMARTS) is 1. The summed E-state index contributed by atoms with van der Waals surface area (Å²) in [4.78, 5) is 99.0. The minimum absolute atomic E-state index is 0.0972. The van der Waals surface area contributed by atoms with E-state index in [1.165, 1.54) is 30.3 Å². The molecular weight excluding hydrogens is 796 g/mol. The number of hydrogen-bond acceptors (Lipinski definition) is 18. The zero-order valence-electron chi connectivity index (χ0n) is 33.5. The molecule has 19 heteroatoms. The van der Waals surface area contributed by atoms with E-state index >= 15 is 0 Å². The second-order valence-electron chi connectivity index (χ2n) is 13.6. The number of ketones is 1. The fourth-order valence-corrected chi connectivity index (χ4v) is 6.49. The summed E-state index contributed by atoms with van der Waals surface area (Å²) >= 11 is 0. The molecule has 324 valence electrons. The van der Waals surface area contributed by atoms with E-state index in [-0.39, 0.29) is 11.5 Å². The van der Waals surface area contributed by atoms with Crippen LogP contribution in [-0.2, 0) is 76.2 Å². The lowest BCUT2D eigenvalue weighted by Gasteiger charge is -2.49. The van der Waals surface area contributed by atoms with Crippen molar-refractivity contribution in [2.75, 3.05) is 13.2 Å². The number of carbonyl (C=O) groups excluding carboxylic acids is 7. The van der Waals surface area contributed by atoms with Crippen molar-refractivity contribution in [3.05, 3.63) is 71.8 Å². The third kappa shape index (κ3) is 13.7. The Morgan fingerprint density at radius 2 is 1.08 bits per heavy atom. The number of carboxylic acids is 1. The van der Waals surface area contributed by atoms with Crippen molar-refractivity contribution < 1.29 is 90.8 Å². The van der Waals surface area contributed by atoms with Crippen LogP contribution in [0.25, 0.3) is 6.08 Å². The molecule has 0 aliphatic carbocycles. The monoisotopic (exact) mass is 842 g/mol. The van der Waals surface area contributed by atoms with E-state index in [1.54, 1.807) is 6.08 Å². The third-order valence-corrected chi connectivity index (χ3v) is 8.81. The number of aliphatic carboxylic acids is 1. The predicted octanol–water partition coefficient (Wildman–Crippen LogP) is 2.74. The Morgan fingerprint density at radius 1 is 0.583 bits per heavy atom.